The van der Waals surface area contributed by atoms with E-state index in [0.717, 1.165) is 32.8 Å². The third kappa shape index (κ3) is 2.87. The standard InChI is InChI=1S/C16H26N4O/c1-2-8-18(7-1)11-16-13-19(14-4-9-21-10-5-14)12-15-3-6-17-20(15)16/h3,6,14,16H,1-2,4-5,7-13H2. The van der Waals surface area contributed by atoms with Crippen LogP contribution in [0.25, 0.3) is 0 Å². The average Bonchev–Trinajstić information content (AvgIpc) is 3.19. The van der Waals surface area contributed by atoms with Gasteiger partial charge < -0.3 is 9.64 Å². The molecule has 0 N–H and O–H groups in total. The zero-order chi connectivity index (χ0) is 14.1. The number of nitrogens with zero attached hydrogens (tertiary/aromatic N) is 4. The molecule has 0 spiro atoms. The first kappa shape index (κ1) is 13.7. The van der Waals surface area contributed by atoms with Crippen LogP contribution in [0.1, 0.15) is 37.4 Å². The number of aromatic nitrogens is 2. The van der Waals surface area contributed by atoms with Crippen molar-refractivity contribution in [3.8, 4) is 0 Å². The fourth-order valence-corrected chi connectivity index (χ4v) is 4.14. The van der Waals surface area contributed by atoms with Gasteiger partial charge in [-0.1, -0.05) is 0 Å². The quantitative estimate of drug-likeness (QED) is 0.845. The van der Waals surface area contributed by atoms with Crippen molar-refractivity contribution in [3.05, 3.63) is 18.0 Å². The van der Waals surface area contributed by atoms with Crippen LogP contribution in [0.2, 0.25) is 0 Å². The van der Waals surface area contributed by atoms with E-state index in [9.17, 15) is 0 Å². The van der Waals surface area contributed by atoms with Crippen LogP contribution >= 0.6 is 0 Å². The van der Waals surface area contributed by atoms with Gasteiger partial charge in [0.05, 0.1) is 11.7 Å². The molecule has 3 aliphatic rings. The minimum atomic E-state index is 0.518. The van der Waals surface area contributed by atoms with Crippen LogP contribution < -0.4 is 0 Å². The second kappa shape index (κ2) is 6.07. The van der Waals surface area contributed by atoms with Gasteiger partial charge in [-0.2, -0.15) is 5.10 Å². The van der Waals surface area contributed by atoms with Gasteiger partial charge in [0.1, 0.15) is 0 Å². The smallest absolute Gasteiger partial charge is 0.0776 e. The van der Waals surface area contributed by atoms with Crippen LogP contribution in [0, 0.1) is 0 Å². The molecule has 1 atom stereocenters. The number of hydrogen-bond acceptors (Lipinski definition) is 4. The van der Waals surface area contributed by atoms with Gasteiger partial charge in [-0.15, -0.1) is 0 Å². The van der Waals surface area contributed by atoms with Gasteiger partial charge in [-0.25, -0.2) is 0 Å². The first-order valence-corrected chi connectivity index (χ1v) is 8.47. The Morgan fingerprint density at radius 3 is 2.81 bits per heavy atom. The molecule has 0 bridgehead atoms. The lowest BCUT2D eigenvalue weighted by molar-refractivity contribution is 0.0136. The lowest BCUT2D eigenvalue weighted by atomic mass is 10.0. The SMILES string of the molecule is c1cc2n(n1)C(CN1CCCC1)CN(C1CCOCC1)C2. The van der Waals surface area contributed by atoms with Gasteiger partial charge in [0.15, 0.2) is 0 Å². The number of rotatable bonds is 3. The number of hydrogen-bond donors (Lipinski definition) is 0. The highest BCUT2D eigenvalue weighted by Crippen LogP contribution is 2.27. The predicted molar refractivity (Wildman–Crippen MR) is 81.2 cm³/mol. The summed E-state index contributed by atoms with van der Waals surface area (Å²) in [5.41, 5.74) is 1.39. The Balaban J connectivity index is 1.49. The van der Waals surface area contributed by atoms with Crippen molar-refractivity contribution >= 4 is 0 Å². The first-order chi connectivity index (χ1) is 10.4. The van der Waals surface area contributed by atoms with Crippen molar-refractivity contribution in [2.24, 2.45) is 0 Å². The highest BCUT2D eigenvalue weighted by atomic mass is 16.5. The van der Waals surface area contributed by atoms with Crippen molar-refractivity contribution in [3.63, 3.8) is 0 Å². The summed E-state index contributed by atoms with van der Waals surface area (Å²) in [6, 6.07) is 3.41. The third-order valence-corrected chi connectivity index (χ3v) is 5.28. The van der Waals surface area contributed by atoms with Gasteiger partial charge >= 0.3 is 0 Å². The summed E-state index contributed by atoms with van der Waals surface area (Å²) in [7, 11) is 0. The molecule has 1 aromatic heterocycles. The number of likely N-dealkylation sites (tertiary alicyclic amines) is 1. The summed E-state index contributed by atoms with van der Waals surface area (Å²) >= 11 is 0. The van der Waals surface area contributed by atoms with E-state index in [1.165, 1.54) is 44.5 Å². The maximum Gasteiger partial charge on any atom is 0.0776 e. The molecule has 116 valence electrons. The molecule has 5 nitrogen and oxygen atoms in total. The van der Waals surface area contributed by atoms with Crippen molar-refractivity contribution < 1.29 is 4.74 Å². The highest BCUT2D eigenvalue weighted by molar-refractivity contribution is 5.06. The Morgan fingerprint density at radius 1 is 1.19 bits per heavy atom. The molecule has 0 aliphatic carbocycles. The average molecular weight is 290 g/mol. The first-order valence-electron chi connectivity index (χ1n) is 8.47. The molecule has 2 saturated heterocycles. The van der Waals surface area contributed by atoms with E-state index < -0.39 is 0 Å². The molecule has 2 fully saturated rings. The van der Waals surface area contributed by atoms with E-state index in [2.05, 4.69) is 25.6 Å². The molecule has 4 rings (SSSR count). The molecule has 1 aromatic rings. The summed E-state index contributed by atoms with van der Waals surface area (Å²) in [6.07, 6.45) is 7.07. The highest BCUT2D eigenvalue weighted by Gasteiger charge is 2.32. The fourth-order valence-electron chi connectivity index (χ4n) is 4.14. The monoisotopic (exact) mass is 290 g/mol. The molecule has 3 aliphatic heterocycles. The Morgan fingerprint density at radius 2 is 2.00 bits per heavy atom. The van der Waals surface area contributed by atoms with Gasteiger partial charge in [-0.3, -0.25) is 9.58 Å². The summed E-state index contributed by atoms with van der Waals surface area (Å²) < 4.78 is 7.81. The minimum Gasteiger partial charge on any atom is -0.381 e. The van der Waals surface area contributed by atoms with Gasteiger partial charge in [0, 0.05) is 45.1 Å². The van der Waals surface area contributed by atoms with E-state index in [1.807, 2.05) is 6.20 Å². The maximum atomic E-state index is 5.53. The molecule has 0 aromatic carbocycles. The third-order valence-electron chi connectivity index (χ3n) is 5.28. The van der Waals surface area contributed by atoms with E-state index in [0.29, 0.717) is 12.1 Å². The molecular weight excluding hydrogens is 264 g/mol. The largest absolute Gasteiger partial charge is 0.381 e. The molecule has 5 heteroatoms. The molecule has 0 saturated carbocycles. The van der Waals surface area contributed by atoms with Crippen molar-refractivity contribution in [2.45, 2.75) is 44.3 Å². The summed E-state index contributed by atoms with van der Waals surface area (Å²) in [5.74, 6) is 0. The van der Waals surface area contributed by atoms with Gasteiger partial charge in [0.25, 0.3) is 0 Å². The van der Waals surface area contributed by atoms with Crippen molar-refractivity contribution in [1.29, 1.82) is 0 Å². The molecule has 0 amide bonds. The second-order valence-electron chi connectivity index (χ2n) is 6.70. The van der Waals surface area contributed by atoms with Crippen LogP contribution in [0.5, 0.6) is 0 Å². The molecule has 4 heterocycles. The summed E-state index contributed by atoms with van der Waals surface area (Å²) in [6.45, 7) is 7.76. The van der Waals surface area contributed by atoms with Crippen LogP contribution in [0.15, 0.2) is 12.3 Å². The minimum absolute atomic E-state index is 0.518. The van der Waals surface area contributed by atoms with E-state index in [1.54, 1.807) is 0 Å². The number of ether oxygens (including phenoxy) is 1. The van der Waals surface area contributed by atoms with Crippen molar-refractivity contribution in [1.82, 2.24) is 19.6 Å². The number of fused-ring (bicyclic) bond motifs is 1. The lowest BCUT2D eigenvalue weighted by Crippen LogP contribution is -2.48. The maximum absolute atomic E-state index is 5.53. The Bertz CT molecular complexity index is 463. The Hall–Kier alpha value is -0.910. The normalized spacial score (nSPS) is 28.9. The van der Waals surface area contributed by atoms with Crippen molar-refractivity contribution in [2.75, 3.05) is 39.4 Å². The Kier molecular flexibility index (Phi) is 3.97. The Labute approximate surface area is 126 Å². The molecular formula is C16H26N4O. The van der Waals surface area contributed by atoms with Gasteiger partial charge in [0.2, 0.25) is 0 Å². The van der Waals surface area contributed by atoms with Crippen LogP contribution in [-0.2, 0) is 11.3 Å². The zero-order valence-corrected chi connectivity index (χ0v) is 12.8. The van der Waals surface area contributed by atoms with E-state index >= 15 is 0 Å². The second-order valence-corrected chi connectivity index (χ2v) is 6.70. The van der Waals surface area contributed by atoms with Gasteiger partial charge in [-0.05, 0) is 44.8 Å². The summed E-state index contributed by atoms with van der Waals surface area (Å²) in [4.78, 5) is 5.30. The molecule has 1 unspecified atom stereocenters. The van der Waals surface area contributed by atoms with E-state index in [4.69, 9.17) is 4.74 Å². The van der Waals surface area contributed by atoms with Crippen LogP contribution in [0.4, 0.5) is 0 Å². The fraction of sp³-hybridized carbons (Fsp3) is 0.812. The summed E-state index contributed by atoms with van der Waals surface area (Å²) in [5, 5.41) is 4.60. The van der Waals surface area contributed by atoms with E-state index in [-0.39, 0.29) is 0 Å². The predicted octanol–water partition coefficient (Wildman–Crippen LogP) is 1.51. The van der Waals surface area contributed by atoms with Crippen LogP contribution in [0.3, 0.4) is 0 Å². The van der Waals surface area contributed by atoms with Crippen LogP contribution in [-0.4, -0.2) is 65.0 Å². The topological polar surface area (TPSA) is 33.5 Å². The lowest BCUT2D eigenvalue weighted by Gasteiger charge is -2.41. The molecule has 0 radical (unpaired) electrons. The zero-order valence-electron chi connectivity index (χ0n) is 12.8. The molecule has 21 heavy (non-hydrogen) atoms.